The van der Waals surface area contributed by atoms with E-state index in [4.69, 9.17) is 1.28 Å². The van der Waals surface area contributed by atoms with Crippen molar-refractivity contribution in [3.63, 3.8) is 0 Å². The number of hydrogen-bond donors (Lipinski definition) is 0. The molecule has 0 aliphatic rings. The fourth-order valence-electron chi connectivity index (χ4n) is 0. The van der Waals surface area contributed by atoms with Gasteiger partial charge in [0.1, 0.15) is 0 Å². The standard InChI is InChI=1S/C2H6Br3P/c1-2-6(3,4)5/h6H,2H2,1H3/i6D. The molecule has 0 fully saturated rings. The predicted molar refractivity (Wildman–Crippen MR) is 45.6 cm³/mol. The van der Waals surface area contributed by atoms with Crippen molar-refractivity contribution in [3.05, 3.63) is 0 Å². The quantitative estimate of drug-likeness (QED) is 0.648. The summed E-state index contributed by atoms with van der Waals surface area (Å²) in [7, 11) is 0. The van der Waals surface area contributed by atoms with Gasteiger partial charge < -0.3 is 0 Å². The molecule has 0 nitrogen and oxygen atoms in total. The molecule has 0 amide bonds. The van der Waals surface area contributed by atoms with Gasteiger partial charge in [0, 0.05) is 0 Å². The van der Waals surface area contributed by atoms with Gasteiger partial charge in [-0.3, -0.25) is 0 Å². The van der Waals surface area contributed by atoms with E-state index < -0.39 is 3.31 Å². The Labute approximate surface area is 63.9 Å². The molecule has 0 bridgehead atoms. The van der Waals surface area contributed by atoms with E-state index in [2.05, 4.69) is 46.5 Å². The molecule has 0 rings (SSSR count). The molecular weight excluding hydrogens is 295 g/mol. The fourth-order valence-corrected chi connectivity index (χ4v) is 0. The van der Waals surface area contributed by atoms with Crippen molar-refractivity contribution in [1.29, 1.82) is 1.28 Å². The van der Waals surface area contributed by atoms with Crippen LogP contribution in [-0.4, -0.2) is 7.44 Å². The summed E-state index contributed by atoms with van der Waals surface area (Å²) < 4.78 is 5.03. The first-order chi connectivity index (χ1) is 2.81. The predicted octanol–water partition coefficient (Wildman–Crippen LogP) is 3.69. The molecule has 0 N–H and O–H groups in total. The Hall–Kier alpha value is 1.87. The van der Waals surface area contributed by atoms with E-state index in [1.165, 1.54) is 0 Å². The van der Waals surface area contributed by atoms with Gasteiger partial charge in [-0.2, -0.15) is 0 Å². The molecule has 0 radical (unpaired) electrons. The Morgan fingerprint density at radius 2 is 1.83 bits per heavy atom. The minimum absolute atomic E-state index is 0.783. The van der Waals surface area contributed by atoms with Gasteiger partial charge in [0.25, 0.3) is 0 Å². The second-order valence-electron chi connectivity index (χ2n) is 0.866. The third-order valence-corrected chi connectivity index (χ3v) is 5.59. The summed E-state index contributed by atoms with van der Waals surface area (Å²) in [5.74, 6) is 0. The van der Waals surface area contributed by atoms with Crippen molar-refractivity contribution >= 4 is 49.8 Å². The summed E-state index contributed by atoms with van der Waals surface area (Å²) in [5, 5.41) is 0. The van der Waals surface area contributed by atoms with Crippen LogP contribution in [0.2, 0.25) is 0 Å². The Morgan fingerprint density at radius 3 is 1.83 bits per heavy atom. The zero-order valence-corrected chi connectivity index (χ0v) is 8.94. The third-order valence-electron chi connectivity index (χ3n) is 0.359. The van der Waals surface area contributed by atoms with E-state index in [0.29, 0.717) is 0 Å². The molecule has 6 heavy (non-hydrogen) atoms. The summed E-state index contributed by atoms with van der Waals surface area (Å²) in [6.45, 7) is 1.95. The first-order valence-corrected chi connectivity index (χ1v) is 9.56. The van der Waals surface area contributed by atoms with Crippen molar-refractivity contribution < 1.29 is 0 Å². The van der Waals surface area contributed by atoms with Crippen LogP contribution in [0.25, 0.3) is 0 Å². The minimum atomic E-state index is -2.39. The average molecular weight is 302 g/mol. The second-order valence-corrected chi connectivity index (χ2v) is 22.1. The molecule has 0 aromatic carbocycles. The summed E-state index contributed by atoms with van der Waals surface area (Å²) in [5.41, 5.74) is 0. The van der Waals surface area contributed by atoms with E-state index in [-0.39, 0.29) is 0 Å². The van der Waals surface area contributed by atoms with E-state index in [9.17, 15) is 0 Å². The molecular formula is C2H6Br3P. The van der Waals surface area contributed by atoms with Crippen molar-refractivity contribution in [2.45, 2.75) is 6.92 Å². The molecule has 0 spiro atoms. The van der Waals surface area contributed by atoms with Crippen LogP contribution < -0.4 is 0 Å². The molecule has 4 heteroatoms. The van der Waals surface area contributed by atoms with Gasteiger partial charge in [-0.1, -0.05) is 0 Å². The number of rotatable bonds is 1. The molecule has 0 saturated carbocycles. The first-order valence-electron chi connectivity index (χ1n) is 1.98. The van der Waals surface area contributed by atoms with Crippen LogP contribution in [0.15, 0.2) is 0 Å². The molecule has 0 atom stereocenters. The molecule has 0 saturated heterocycles. The Kier molecular flexibility index (Phi) is 3.01. The van der Waals surface area contributed by atoms with Gasteiger partial charge in [0.05, 0.1) is 0 Å². The molecule has 0 aliphatic heterocycles. The average Bonchev–Trinajstić information content (AvgIpc) is 1.32. The van der Waals surface area contributed by atoms with Crippen LogP contribution in [-0.2, 0) is 0 Å². The van der Waals surface area contributed by atoms with Crippen molar-refractivity contribution in [1.82, 2.24) is 0 Å². The van der Waals surface area contributed by atoms with Crippen molar-refractivity contribution in [3.8, 4) is 0 Å². The van der Waals surface area contributed by atoms with Crippen LogP contribution in [0.3, 0.4) is 0 Å². The SMILES string of the molecule is [2H]P(Br)(Br)(Br)CC. The van der Waals surface area contributed by atoms with Gasteiger partial charge in [-0.15, -0.1) is 0 Å². The summed E-state index contributed by atoms with van der Waals surface area (Å²) in [4.78, 5) is 0. The molecule has 40 valence electrons. The van der Waals surface area contributed by atoms with Gasteiger partial charge in [-0.25, -0.2) is 0 Å². The molecule has 0 aliphatic carbocycles. The molecule has 0 heterocycles. The number of halogens is 3. The Bertz CT molecular complexity index is 65.5. The zero-order chi connectivity index (χ0) is 6.15. The normalized spacial score (nSPS) is 21.3. The van der Waals surface area contributed by atoms with Gasteiger partial charge >= 0.3 is 64.1 Å². The van der Waals surface area contributed by atoms with Gasteiger partial charge in [-0.05, 0) is 0 Å². The van der Waals surface area contributed by atoms with Crippen molar-refractivity contribution in [2.75, 3.05) is 6.16 Å². The van der Waals surface area contributed by atoms with E-state index in [1.54, 1.807) is 0 Å². The van der Waals surface area contributed by atoms with E-state index in [1.807, 2.05) is 6.92 Å². The second kappa shape index (κ2) is 3.01. The Morgan fingerprint density at radius 1 is 1.67 bits per heavy atom. The monoisotopic (exact) mass is 299 g/mol. The van der Waals surface area contributed by atoms with Gasteiger partial charge in [0.2, 0.25) is 0 Å². The fraction of sp³-hybridized carbons (Fsp3) is 1.00. The van der Waals surface area contributed by atoms with Crippen LogP contribution in [0.4, 0.5) is 0 Å². The first kappa shape index (κ1) is 6.00. The molecule has 0 aromatic heterocycles. The van der Waals surface area contributed by atoms with E-state index >= 15 is 0 Å². The van der Waals surface area contributed by atoms with Crippen LogP contribution >= 0.6 is 49.8 Å². The molecule has 0 unspecified atom stereocenters. The molecule has 0 aromatic rings. The summed E-state index contributed by atoms with van der Waals surface area (Å²) in [6.07, 6.45) is 0.783. The van der Waals surface area contributed by atoms with Crippen molar-refractivity contribution in [2.24, 2.45) is 0 Å². The van der Waals surface area contributed by atoms with Gasteiger partial charge in [0.15, 0.2) is 0 Å². The van der Waals surface area contributed by atoms with Crippen LogP contribution in [0, 0.1) is 0 Å². The summed E-state index contributed by atoms with van der Waals surface area (Å²) in [6, 6.07) is 0. The zero-order valence-electron chi connectivity index (χ0n) is 4.29. The maximum absolute atomic E-state index is 7.42. The topological polar surface area (TPSA) is 0 Å². The summed E-state index contributed by atoms with van der Waals surface area (Å²) >= 11 is 9.64. The third kappa shape index (κ3) is 5.87. The van der Waals surface area contributed by atoms with E-state index in [0.717, 1.165) is 6.16 Å². The van der Waals surface area contributed by atoms with Crippen LogP contribution in [0.5, 0.6) is 0 Å². The maximum atomic E-state index is 7.42. The van der Waals surface area contributed by atoms with Crippen LogP contribution in [0.1, 0.15) is 6.92 Å². The number of hydrogen-bond acceptors (Lipinski definition) is 0. The Balaban J connectivity index is 3.83.